The van der Waals surface area contributed by atoms with Crippen LogP contribution in [0.25, 0.3) is 10.9 Å². The zero-order valence-electron chi connectivity index (χ0n) is 15.3. The Morgan fingerprint density at radius 1 is 1.26 bits per heavy atom. The number of anilines is 2. The Labute approximate surface area is 155 Å². The minimum absolute atomic E-state index is 0.174. The predicted molar refractivity (Wildman–Crippen MR) is 102 cm³/mol. The van der Waals surface area contributed by atoms with Gasteiger partial charge < -0.3 is 11.5 Å². The molecule has 3 rings (SSSR count). The average Bonchev–Trinajstić information content (AvgIpc) is 3.02. The van der Waals surface area contributed by atoms with Crippen LogP contribution in [0.3, 0.4) is 0 Å². The van der Waals surface area contributed by atoms with Crippen molar-refractivity contribution in [2.75, 3.05) is 5.01 Å². The number of halogens is 1. The molecular weight excluding hydrogens is 349 g/mol. The maximum atomic E-state index is 15.2. The van der Waals surface area contributed by atoms with Gasteiger partial charge in [0.1, 0.15) is 5.82 Å². The Kier molecular flexibility index (Phi) is 5.06. The number of hydrogen-bond acceptors (Lipinski definition) is 6. The molecule has 5 N–H and O–H groups in total. The second kappa shape index (κ2) is 7.29. The first-order valence-corrected chi connectivity index (χ1v) is 8.47. The van der Waals surface area contributed by atoms with Crippen LogP contribution in [0.5, 0.6) is 0 Å². The topological polar surface area (TPSA) is 115 Å². The zero-order valence-corrected chi connectivity index (χ0v) is 15.3. The first-order valence-electron chi connectivity index (χ1n) is 8.47. The molecule has 0 unspecified atom stereocenters. The van der Waals surface area contributed by atoms with Crippen LogP contribution in [0.4, 0.5) is 15.9 Å². The van der Waals surface area contributed by atoms with Gasteiger partial charge in [0, 0.05) is 25.3 Å². The molecule has 0 fully saturated rings. The van der Waals surface area contributed by atoms with E-state index >= 15 is 4.39 Å². The van der Waals surface area contributed by atoms with E-state index in [0.29, 0.717) is 16.7 Å². The molecule has 9 heteroatoms. The molecule has 1 amide bonds. The molecule has 142 valence electrons. The summed E-state index contributed by atoms with van der Waals surface area (Å²) < 4.78 is 16.8. The number of nitrogens with two attached hydrogens (primary N) is 2. The first kappa shape index (κ1) is 18.7. The summed E-state index contributed by atoms with van der Waals surface area (Å²) in [6.45, 7) is 3.73. The molecule has 1 aromatic carbocycles. The molecule has 0 saturated carbocycles. The number of nitrogens with one attached hydrogen (secondary N) is 1. The van der Waals surface area contributed by atoms with Crippen LogP contribution in [0.1, 0.15) is 24.2 Å². The van der Waals surface area contributed by atoms with Crippen LogP contribution in [0.15, 0.2) is 36.7 Å². The van der Waals surface area contributed by atoms with Gasteiger partial charge in [-0.2, -0.15) is 5.10 Å². The number of hydrazine groups is 1. The van der Waals surface area contributed by atoms with Crippen molar-refractivity contribution in [3.05, 3.63) is 48.0 Å². The highest BCUT2D eigenvalue weighted by molar-refractivity contribution is 5.92. The number of rotatable bonds is 6. The van der Waals surface area contributed by atoms with E-state index in [9.17, 15) is 4.79 Å². The molecule has 2 heterocycles. The summed E-state index contributed by atoms with van der Waals surface area (Å²) in [6.07, 6.45) is 2.83. The van der Waals surface area contributed by atoms with E-state index in [1.165, 1.54) is 23.5 Å². The molecule has 0 bridgehead atoms. The van der Waals surface area contributed by atoms with Gasteiger partial charge in [-0.25, -0.2) is 14.8 Å². The lowest BCUT2D eigenvalue weighted by molar-refractivity contribution is 0.1000. The lowest BCUT2D eigenvalue weighted by Gasteiger charge is -2.30. The Morgan fingerprint density at radius 3 is 2.59 bits per heavy atom. The predicted octanol–water partition coefficient (Wildman–Crippen LogP) is 1.58. The van der Waals surface area contributed by atoms with Crippen molar-refractivity contribution in [2.24, 2.45) is 18.5 Å². The Balaban J connectivity index is 2.09. The molecular formula is C18H22FN7O. The molecule has 0 aliphatic rings. The van der Waals surface area contributed by atoms with Crippen LogP contribution in [-0.2, 0) is 7.05 Å². The molecule has 0 saturated heterocycles. The number of fused-ring (bicyclic) bond motifs is 1. The van der Waals surface area contributed by atoms with Crippen molar-refractivity contribution >= 4 is 28.3 Å². The summed E-state index contributed by atoms with van der Waals surface area (Å²) in [5.41, 5.74) is 15.6. The molecule has 0 aliphatic carbocycles. The van der Waals surface area contributed by atoms with E-state index in [-0.39, 0.29) is 23.3 Å². The van der Waals surface area contributed by atoms with Gasteiger partial charge in [0.15, 0.2) is 5.82 Å². The van der Waals surface area contributed by atoms with E-state index in [1.807, 2.05) is 13.8 Å². The average molecular weight is 371 g/mol. The molecule has 0 aliphatic heterocycles. The number of carbonyl (C=O) groups is 1. The highest BCUT2D eigenvalue weighted by Gasteiger charge is 2.21. The van der Waals surface area contributed by atoms with Gasteiger partial charge in [0.05, 0.1) is 28.4 Å². The minimum atomic E-state index is -0.583. The van der Waals surface area contributed by atoms with E-state index in [1.54, 1.807) is 29.9 Å². The zero-order chi connectivity index (χ0) is 19.7. The van der Waals surface area contributed by atoms with Gasteiger partial charge >= 0.3 is 0 Å². The molecule has 8 nitrogen and oxygen atoms in total. The van der Waals surface area contributed by atoms with E-state index < -0.39 is 11.7 Å². The Morgan fingerprint density at radius 2 is 2.00 bits per heavy atom. The summed E-state index contributed by atoms with van der Waals surface area (Å²) in [4.78, 5) is 15.5. The van der Waals surface area contributed by atoms with Crippen LogP contribution >= 0.6 is 0 Å². The second-order valence-electron chi connectivity index (χ2n) is 6.48. The number of carbonyl (C=O) groups excluding carboxylic acids is 1. The smallest absolute Gasteiger partial charge is 0.250 e. The highest BCUT2D eigenvalue weighted by Crippen LogP contribution is 2.30. The normalized spacial score (nSPS) is 13.5. The van der Waals surface area contributed by atoms with Gasteiger partial charge in [0.25, 0.3) is 0 Å². The van der Waals surface area contributed by atoms with Gasteiger partial charge in [-0.1, -0.05) is 0 Å². The number of hydrogen-bond donors (Lipinski definition) is 3. The lowest BCUT2D eigenvalue weighted by Crippen LogP contribution is -2.49. The molecule has 3 aromatic rings. The fourth-order valence-corrected chi connectivity index (χ4v) is 2.60. The number of aryl methyl sites for hydroxylation is 1. The minimum Gasteiger partial charge on any atom is -0.366 e. The summed E-state index contributed by atoms with van der Waals surface area (Å²) in [5.74, 6) is -0.624. The third kappa shape index (κ3) is 3.60. The number of amides is 1. The second-order valence-corrected chi connectivity index (χ2v) is 6.48. The quantitative estimate of drug-likeness (QED) is 0.567. The van der Waals surface area contributed by atoms with Gasteiger partial charge in [-0.05, 0) is 38.1 Å². The number of pyridine rings is 1. The Bertz CT molecular complexity index is 968. The molecule has 27 heavy (non-hydrogen) atoms. The third-order valence-corrected chi connectivity index (χ3v) is 4.47. The van der Waals surface area contributed by atoms with Crippen LogP contribution in [-0.4, -0.2) is 32.8 Å². The van der Waals surface area contributed by atoms with E-state index in [0.717, 1.165) is 0 Å². The number of primary amides is 1. The number of benzene rings is 1. The summed E-state index contributed by atoms with van der Waals surface area (Å²) in [6, 6.07) is 6.19. The lowest BCUT2D eigenvalue weighted by atomic mass is 10.2. The maximum Gasteiger partial charge on any atom is 0.250 e. The van der Waals surface area contributed by atoms with E-state index in [4.69, 9.17) is 11.5 Å². The standard InChI is InChI=1S/C18H22FN7O/c1-10(20)11(2)24-26(16-7-4-12(8-22-16)18(21)27)15-6-5-14-13(17(15)19)9-23-25(14)3/h4-11,24H,20H2,1-3H3,(H2,21,27)/t10-,11+/m0/s1. The largest absolute Gasteiger partial charge is 0.366 e. The van der Waals surface area contributed by atoms with Crippen LogP contribution in [0.2, 0.25) is 0 Å². The number of aromatic nitrogens is 3. The van der Waals surface area contributed by atoms with Crippen LogP contribution < -0.4 is 21.9 Å². The SMILES string of the molecule is C[C@H](N)[C@@H](C)NN(c1ccc(C(N)=O)cn1)c1ccc2c(cnn2C)c1F. The van der Waals surface area contributed by atoms with Crippen molar-refractivity contribution in [1.82, 2.24) is 20.2 Å². The van der Waals surface area contributed by atoms with Gasteiger partial charge in [0.2, 0.25) is 5.91 Å². The van der Waals surface area contributed by atoms with Crippen molar-refractivity contribution in [2.45, 2.75) is 25.9 Å². The molecule has 0 spiro atoms. The molecule has 2 atom stereocenters. The number of nitrogens with zero attached hydrogens (tertiary/aromatic N) is 4. The summed E-state index contributed by atoms with van der Waals surface area (Å²) in [5, 5.41) is 6.01. The monoisotopic (exact) mass is 371 g/mol. The third-order valence-electron chi connectivity index (χ3n) is 4.47. The van der Waals surface area contributed by atoms with Crippen molar-refractivity contribution in [1.29, 1.82) is 0 Å². The van der Waals surface area contributed by atoms with Gasteiger partial charge in [-0.3, -0.25) is 14.5 Å². The van der Waals surface area contributed by atoms with E-state index in [2.05, 4.69) is 15.5 Å². The van der Waals surface area contributed by atoms with Crippen molar-refractivity contribution in [3.8, 4) is 0 Å². The highest BCUT2D eigenvalue weighted by atomic mass is 19.1. The maximum absolute atomic E-state index is 15.2. The molecule has 2 aromatic heterocycles. The van der Waals surface area contributed by atoms with Crippen LogP contribution in [0, 0.1) is 5.82 Å². The first-order chi connectivity index (χ1) is 12.8. The fraction of sp³-hybridized carbons (Fsp3) is 0.278. The summed E-state index contributed by atoms with van der Waals surface area (Å²) in [7, 11) is 1.75. The van der Waals surface area contributed by atoms with Crippen molar-refractivity contribution in [3.63, 3.8) is 0 Å². The molecule has 0 radical (unpaired) electrons. The fourth-order valence-electron chi connectivity index (χ4n) is 2.60. The van der Waals surface area contributed by atoms with Gasteiger partial charge in [-0.15, -0.1) is 0 Å². The summed E-state index contributed by atoms with van der Waals surface area (Å²) >= 11 is 0. The van der Waals surface area contributed by atoms with Crippen molar-refractivity contribution < 1.29 is 9.18 Å². The Hall–Kier alpha value is -3.04.